The number of thiazole rings is 1. The Bertz CT molecular complexity index is 867. The highest BCUT2D eigenvalue weighted by molar-refractivity contribution is 7.11. The Kier molecular flexibility index (Phi) is 5.91. The van der Waals surface area contributed by atoms with E-state index in [4.69, 9.17) is 5.73 Å². The largest absolute Gasteiger partial charge is 0.367 e. The number of aryl methyl sites for hydroxylation is 2. The first kappa shape index (κ1) is 19.1. The van der Waals surface area contributed by atoms with Crippen molar-refractivity contribution in [3.8, 4) is 0 Å². The monoisotopic (exact) mass is 384 g/mol. The predicted octanol–water partition coefficient (Wildman–Crippen LogP) is 2.15. The van der Waals surface area contributed by atoms with Crippen molar-refractivity contribution in [1.82, 2.24) is 9.88 Å². The number of hydrogen-bond donors (Lipinski definition) is 1. The molecule has 2 amide bonds. The van der Waals surface area contributed by atoms with E-state index in [1.807, 2.05) is 43.0 Å². The Hall–Kier alpha value is -2.67. The molecule has 1 saturated heterocycles. The van der Waals surface area contributed by atoms with Crippen LogP contribution in [-0.4, -0.2) is 47.9 Å². The Labute approximate surface area is 163 Å². The fourth-order valence-electron chi connectivity index (χ4n) is 3.28. The van der Waals surface area contributed by atoms with Crippen molar-refractivity contribution in [2.24, 2.45) is 5.73 Å². The van der Waals surface area contributed by atoms with E-state index in [1.54, 1.807) is 17.4 Å². The zero-order valence-corrected chi connectivity index (χ0v) is 16.5. The molecule has 1 aliphatic heterocycles. The van der Waals surface area contributed by atoms with Gasteiger partial charge in [0.05, 0.1) is 17.1 Å². The van der Waals surface area contributed by atoms with Crippen LogP contribution in [-0.2, 0) is 16.0 Å². The molecule has 2 aromatic rings. The highest BCUT2D eigenvalue weighted by Crippen LogP contribution is 2.24. The summed E-state index contributed by atoms with van der Waals surface area (Å²) < 4.78 is 0. The van der Waals surface area contributed by atoms with Gasteiger partial charge in [-0.3, -0.25) is 9.59 Å². The van der Waals surface area contributed by atoms with Crippen LogP contribution >= 0.6 is 11.3 Å². The number of primary amides is 1. The Balaban J connectivity index is 1.63. The van der Waals surface area contributed by atoms with E-state index in [9.17, 15) is 9.59 Å². The summed E-state index contributed by atoms with van der Waals surface area (Å²) in [4.78, 5) is 33.4. The third kappa shape index (κ3) is 4.74. The SMILES string of the molecule is Cc1nc(CC(=O)N2CCN(c3ccccc3/C=C/C(N)=O)CC2)c(C)s1. The second-order valence-corrected chi connectivity index (χ2v) is 7.98. The van der Waals surface area contributed by atoms with E-state index in [-0.39, 0.29) is 5.91 Å². The number of benzene rings is 1. The quantitative estimate of drug-likeness (QED) is 0.801. The first-order valence-corrected chi connectivity index (χ1v) is 9.78. The van der Waals surface area contributed by atoms with Gasteiger partial charge in [-0.15, -0.1) is 11.3 Å². The minimum atomic E-state index is -0.465. The molecule has 3 rings (SSSR count). The number of para-hydroxylation sites is 1. The number of nitrogens with two attached hydrogens (primary N) is 1. The van der Waals surface area contributed by atoms with E-state index in [2.05, 4.69) is 9.88 Å². The summed E-state index contributed by atoms with van der Waals surface area (Å²) in [6.45, 7) is 6.84. The molecule has 2 N–H and O–H groups in total. The van der Waals surface area contributed by atoms with Crippen LogP contribution in [0, 0.1) is 13.8 Å². The topological polar surface area (TPSA) is 79.5 Å². The van der Waals surface area contributed by atoms with Crippen molar-refractivity contribution in [2.45, 2.75) is 20.3 Å². The number of nitrogens with zero attached hydrogens (tertiary/aromatic N) is 3. The molecule has 0 atom stereocenters. The van der Waals surface area contributed by atoms with Gasteiger partial charge in [0, 0.05) is 42.8 Å². The van der Waals surface area contributed by atoms with E-state index in [1.165, 1.54) is 6.08 Å². The maximum absolute atomic E-state index is 12.6. The molecule has 0 aliphatic carbocycles. The van der Waals surface area contributed by atoms with Gasteiger partial charge in [-0.25, -0.2) is 4.98 Å². The summed E-state index contributed by atoms with van der Waals surface area (Å²) in [5.74, 6) is -0.335. The van der Waals surface area contributed by atoms with E-state index in [0.29, 0.717) is 19.5 Å². The maximum Gasteiger partial charge on any atom is 0.241 e. The first-order valence-electron chi connectivity index (χ1n) is 8.96. The normalized spacial score (nSPS) is 14.7. The van der Waals surface area contributed by atoms with Gasteiger partial charge in [-0.2, -0.15) is 0 Å². The zero-order valence-electron chi connectivity index (χ0n) is 15.6. The molecule has 142 valence electrons. The average molecular weight is 385 g/mol. The average Bonchev–Trinajstić information content (AvgIpc) is 2.97. The van der Waals surface area contributed by atoms with E-state index >= 15 is 0 Å². The van der Waals surface area contributed by atoms with Crippen LogP contribution in [0.1, 0.15) is 21.1 Å². The summed E-state index contributed by atoms with van der Waals surface area (Å²) in [5.41, 5.74) is 8.10. The molecule has 1 aliphatic rings. The van der Waals surface area contributed by atoms with Gasteiger partial charge in [0.2, 0.25) is 11.8 Å². The van der Waals surface area contributed by atoms with Crippen molar-refractivity contribution >= 4 is 34.9 Å². The predicted molar refractivity (Wildman–Crippen MR) is 109 cm³/mol. The van der Waals surface area contributed by atoms with E-state index in [0.717, 1.165) is 39.9 Å². The zero-order chi connectivity index (χ0) is 19.4. The van der Waals surface area contributed by atoms with Gasteiger partial charge in [-0.1, -0.05) is 18.2 Å². The standard InChI is InChI=1S/C20H24N4O2S/c1-14-17(22-15(2)27-14)13-20(26)24-11-9-23(10-12-24)18-6-4-3-5-16(18)7-8-19(21)25/h3-8H,9-13H2,1-2H3,(H2,21,25)/b8-7+. The highest BCUT2D eigenvalue weighted by atomic mass is 32.1. The third-order valence-corrected chi connectivity index (χ3v) is 5.58. The van der Waals surface area contributed by atoms with Crippen LogP contribution in [0.3, 0.4) is 0 Å². The molecular weight excluding hydrogens is 360 g/mol. The fourth-order valence-corrected chi connectivity index (χ4v) is 4.11. The summed E-state index contributed by atoms with van der Waals surface area (Å²) in [6.07, 6.45) is 3.48. The molecule has 2 heterocycles. The van der Waals surface area contributed by atoms with Crippen LogP contribution in [0.25, 0.3) is 6.08 Å². The van der Waals surface area contributed by atoms with E-state index < -0.39 is 5.91 Å². The number of piperazine rings is 1. The molecule has 0 saturated carbocycles. The van der Waals surface area contributed by atoms with Crippen LogP contribution < -0.4 is 10.6 Å². The number of anilines is 1. The Morgan fingerprint density at radius 1 is 1.19 bits per heavy atom. The lowest BCUT2D eigenvalue weighted by Crippen LogP contribution is -2.49. The lowest BCUT2D eigenvalue weighted by molar-refractivity contribution is -0.130. The molecule has 7 heteroatoms. The number of hydrogen-bond acceptors (Lipinski definition) is 5. The van der Waals surface area contributed by atoms with Crippen molar-refractivity contribution in [3.63, 3.8) is 0 Å². The summed E-state index contributed by atoms with van der Waals surface area (Å²) in [5, 5.41) is 1.00. The summed E-state index contributed by atoms with van der Waals surface area (Å²) in [7, 11) is 0. The molecular formula is C20H24N4O2S. The minimum absolute atomic E-state index is 0.130. The maximum atomic E-state index is 12.6. The van der Waals surface area contributed by atoms with Gasteiger partial charge in [-0.05, 0) is 31.6 Å². The lowest BCUT2D eigenvalue weighted by Gasteiger charge is -2.36. The minimum Gasteiger partial charge on any atom is -0.367 e. The smallest absolute Gasteiger partial charge is 0.241 e. The van der Waals surface area contributed by atoms with Crippen LogP contribution in [0.2, 0.25) is 0 Å². The molecule has 0 radical (unpaired) electrons. The number of aromatic nitrogens is 1. The third-order valence-electron chi connectivity index (χ3n) is 4.66. The van der Waals surface area contributed by atoms with Crippen LogP contribution in [0.4, 0.5) is 5.69 Å². The van der Waals surface area contributed by atoms with Crippen molar-refractivity contribution in [1.29, 1.82) is 0 Å². The van der Waals surface area contributed by atoms with Crippen LogP contribution in [0.15, 0.2) is 30.3 Å². The van der Waals surface area contributed by atoms with Gasteiger partial charge in [0.15, 0.2) is 0 Å². The summed E-state index contributed by atoms with van der Waals surface area (Å²) >= 11 is 1.63. The highest BCUT2D eigenvalue weighted by Gasteiger charge is 2.23. The van der Waals surface area contributed by atoms with Crippen molar-refractivity contribution in [3.05, 3.63) is 51.5 Å². The second kappa shape index (κ2) is 8.35. The molecule has 1 aromatic heterocycles. The van der Waals surface area contributed by atoms with Crippen molar-refractivity contribution < 1.29 is 9.59 Å². The fraction of sp³-hybridized carbons (Fsp3) is 0.350. The molecule has 1 fully saturated rings. The van der Waals surface area contributed by atoms with Crippen LogP contribution in [0.5, 0.6) is 0 Å². The Morgan fingerprint density at radius 3 is 2.52 bits per heavy atom. The second-order valence-electron chi connectivity index (χ2n) is 6.57. The number of rotatable bonds is 5. The number of carbonyl (C=O) groups excluding carboxylic acids is 2. The molecule has 0 bridgehead atoms. The van der Waals surface area contributed by atoms with Gasteiger partial charge >= 0.3 is 0 Å². The van der Waals surface area contributed by atoms with Gasteiger partial charge < -0.3 is 15.5 Å². The molecule has 1 aromatic carbocycles. The molecule has 0 spiro atoms. The first-order chi connectivity index (χ1) is 12.9. The number of amides is 2. The van der Waals surface area contributed by atoms with Gasteiger partial charge in [0.1, 0.15) is 0 Å². The summed E-state index contributed by atoms with van der Waals surface area (Å²) in [6, 6.07) is 7.89. The van der Waals surface area contributed by atoms with Gasteiger partial charge in [0.25, 0.3) is 0 Å². The molecule has 27 heavy (non-hydrogen) atoms. The van der Waals surface area contributed by atoms with Crippen molar-refractivity contribution in [2.75, 3.05) is 31.1 Å². The Morgan fingerprint density at radius 2 is 1.89 bits per heavy atom. The lowest BCUT2D eigenvalue weighted by atomic mass is 10.1. The molecule has 0 unspecified atom stereocenters. The molecule has 6 nitrogen and oxygen atoms in total. The number of carbonyl (C=O) groups is 2.